The summed E-state index contributed by atoms with van der Waals surface area (Å²) in [6.45, 7) is 1.47. The Kier molecular flexibility index (Phi) is 6.86. The van der Waals surface area contributed by atoms with Gasteiger partial charge in [0.05, 0.1) is 26.2 Å². The predicted octanol–water partition coefficient (Wildman–Crippen LogP) is 4.31. The molecule has 1 atom stereocenters. The maximum absolute atomic E-state index is 11.4. The SMILES string of the molecule is COc1ccc(C(c2ccc(SC)cc2)N2CCC(C(=O)O)CC2)c(OC)c1. The lowest BCUT2D eigenvalue weighted by atomic mass is 9.91. The largest absolute Gasteiger partial charge is 0.497 e. The van der Waals surface area contributed by atoms with Crippen molar-refractivity contribution < 1.29 is 19.4 Å². The third kappa shape index (κ3) is 4.45. The van der Waals surface area contributed by atoms with Crippen LogP contribution in [0.3, 0.4) is 0 Å². The molecular weight excluding hydrogens is 374 g/mol. The van der Waals surface area contributed by atoms with Crippen molar-refractivity contribution in [2.75, 3.05) is 33.6 Å². The Morgan fingerprint density at radius 3 is 2.32 bits per heavy atom. The van der Waals surface area contributed by atoms with E-state index in [1.54, 1.807) is 26.0 Å². The summed E-state index contributed by atoms with van der Waals surface area (Å²) in [4.78, 5) is 14.9. The summed E-state index contributed by atoms with van der Waals surface area (Å²) in [5.41, 5.74) is 2.24. The minimum Gasteiger partial charge on any atom is -0.497 e. The highest BCUT2D eigenvalue weighted by Crippen LogP contribution is 2.39. The molecule has 28 heavy (non-hydrogen) atoms. The minimum absolute atomic E-state index is 0.00603. The molecule has 0 bridgehead atoms. The Morgan fingerprint density at radius 2 is 1.79 bits per heavy atom. The number of carboxylic acid groups (broad SMARTS) is 1. The molecule has 1 fully saturated rings. The summed E-state index contributed by atoms with van der Waals surface area (Å²) in [6, 6.07) is 14.5. The number of rotatable bonds is 7. The van der Waals surface area contributed by atoms with Gasteiger partial charge in [0.1, 0.15) is 11.5 Å². The molecule has 1 heterocycles. The molecule has 1 saturated heterocycles. The Balaban J connectivity index is 1.98. The number of piperidine rings is 1. The van der Waals surface area contributed by atoms with Gasteiger partial charge >= 0.3 is 5.97 Å². The fourth-order valence-electron chi connectivity index (χ4n) is 3.82. The lowest BCUT2D eigenvalue weighted by molar-refractivity contribution is -0.143. The summed E-state index contributed by atoms with van der Waals surface area (Å²) in [5.74, 6) is 0.580. The molecule has 5 nitrogen and oxygen atoms in total. The molecule has 0 saturated carbocycles. The van der Waals surface area contributed by atoms with E-state index in [-0.39, 0.29) is 12.0 Å². The first kappa shape index (κ1) is 20.6. The molecule has 0 spiro atoms. The van der Waals surface area contributed by atoms with E-state index in [1.165, 1.54) is 10.5 Å². The first-order valence-electron chi connectivity index (χ1n) is 9.40. The molecule has 0 radical (unpaired) electrons. The van der Waals surface area contributed by atoms with Crippen LogP contribution in [0.5, 0.6) is 11.5 Å². The van der Waals surface area contributed by atoms with Crippen LogP contribution in [0.2, 0.25) is 0 Å². The molecule has 2 aromatic carbocycles. The van der Waals surface area contributed by atoms with Crippen molar-refractivity contribution in [2.45, 2.75) is 23.8 Å². The van der Waals surface area contributed by atoms with Crippen molar-refractivity contribution in [1.29, 1.82) is 0 Å². The average Bonchev–Trinajstić information content (AvgIpc) is 2.75. The molecule has 1 N–H and O–H groups in total. The number of carbonyl (C=O) groups is 1. The maximum Gasteiger partial charge on any atom is 0.306 e. The average molecular weight is 402 g/mol. The van der Waals surface area contributed by atoms with Gasteiger partial charge < -0.3 is 14.6 Å². The van der Waals surface area contributed by atoms with E-state index < -0.39 is 5.97 Å². The van der Waals surface area contributed by atoms with Gasteiger partial charge in [-0.2, -0.15) is 0 Å². The van der Waals surface area contributed by atoms with Crippen LogP contribution in [0, 0.1) is 5.92 Å². The molecule has 2 aromatic rings. The van der Waals surface area contributed by atoms with Gasteiger partial charge in [-0.1, -0.05) is 12.1 Å². The number of hydrogen-bond donors (Lipinski definition) is 1. The van der Waals surface area contributed by atoms with Crippen LogP contribution in [0.4, 0.5) is 0 Å². The molecule has 3 rings (SSSR count). The van der Waals surface area contributed by atoms with Crippen LogP contribution < -0.4 is 9.47 Å². The third-order valence-corrected chi connectivity index (χ3v) is 6.15. The molecule has 0 aliphatic carbocycles. The van der Waals surface area contributed by atoms with Gasteiger partial charge in [0.15, 0.2) is 0 Å². The van der Waals surface area contributed by atoms with Gasteiger partial charge in [-0.05, 0) is 62.0 Å². The van der Waals surface area contributed by atoms with Crippen LogP contribution in [0.25, 0.3) is 0 Å². The fourth-order valence-corrected chi connectivity index (χ4v) is 4.23. The molecule has 6 heteroatoms. The van der Waals surface area contributed by atoms with Gasteiger partial charge in [-0.3, -0.25) is 9.69 Å². The Bertz CT molecular complexity index is 801. The number of nitrogens with zero attached hydrogens (tertiary/aromatic N) is 1. The molecule has 0 amide bonds. The first-order chi connectivity index (χ1) is 13.6. The Labute approximate surface area is 170 Å². The second-order valence-corrected chi connectivity index (χ2v) is 7.81. The van der Waals surface area contributed by atoms with Crippen molar-refractivity contribution in [3.05, 3.63) is 53.6 Å². The zero-order chi connectivity index (χ0) is 20.1. The monoisotopic (exact) mass is 401 g/mol. The summed E-state index contributed by atoms with van der Waals surface area (Å²) in [7, 11) is 3.31. The van der Waals surface area contributed by atoms with Crippen molar-refractivity contribution in [2.24, 2.45) is 5.92 Å². The highest BCUT2D eigenvalue weighted by molar-refractivity contribution is 7.98. The highest BCUT2D eigenvalue weighted by atomic mass is 32.2. The van der Waals surface area contributed by atoms with E-state index in [1.807, 2.05) is 18.2 Å². The second kappa shape index (κ2) is 9.34. The standard InChI is InChI=1S/C22H27NO4S/c1-26-17-6-9-19(20(14-17)27-2)21(15-4-7-18(28-3)8-5-15)23-12-10-16(11-13-23)22(24)25/h4-9,14,16,21H,10-13H2,1-3H3,(H,24,25). The molecular formula is C22H27NO4S. The number of hydrogen-bond acceptors (Lipinski definition) is 5. The number of ether oxygens (including phenoxy) is 2. The first-order valence-corrected chi connectivity index (χ1v) is 10.6. The number of benzene rings is 2. The predicted molar refractivity (Wildman–Crippen MR) is 112 cm³/mol. The molecule has 1 aliphatic heterocycles. The van der Waals surface area contributed by atoms with Crippen LogP contribution in [-0.4, -0.2) is 49.5 Å². The lowest BCUT2D eigenvalue weighted by Gasteiger charge is -2.37. The highest BCUT2D eigenvalue weighted by Gasteiger charge is 2.31. The van der Waals surface area contributed by atoms with Gasteiger partial charge in [0.25, 0.3) is 0 Å². The minimum atomic E-state index is -0.692. The van der Waals surface area contributed by atoms with E-state index in [9.17, 15) is 9.90 Å². The number of thioether (sulfide) groups is 1. The molecule has 0 aromatic heterocycles. The summed E-state index contributed by atoms with van der Waals surface area (Å²) < 4.78 is 11.0. The molecule has 1 unspecified atom stereocenters. The van der Waals surface area contributed by atoms with Gasteiger partial charge in [-0.15, -0.1) is 11.8 Å². The number of carboxylic acids is 1. The second-order valence-electron chi connectivity index (χ2n) is 6.93. The number of aliphatic carboxylic acids is 1. The van der Waals surface area contributed by atoms with Gasteiger partial charge in [0.2, 0.25) is 0 Å². The molecule has 1 aliphatic rings. The van der Waals surface area contributed by atoms with Crippen LogP contribution in [-0.2, 0) is 4.79 Å². The van der Waals surface area contributed by atoms with E-state index in [0.29, 0.717) is 12.8 Å². The quantitative estimate of drug-likeness (QED) is 0.698. The Morgan fingerprint density at radius 1 is 1.11 bits per heavy atom. The van der Waals surface area contributed by atoms with Crippen LogP contribution in [0.1, 0.15) is 30.0 Å². The van der Waals surface area contributed by atoms with Crippen LogP contribution >= 0.6 is 11.8 Å². The Hall–Kier alpha value is -2.18. The van der Waals surface area contributed by atoms with E-state index in [2.05, 4.69) is 35.4 Å². The zero-order valence-electron chi connectivity index (χ0n) is 16.6. The normalized spacial score (nSPS) is 16.5. The van der Waals surface area contributed by atoms with Crippen molar-refractivity contribution in [1.82, 2.24) is 4.90 Å². The fraction of sp³-hybridized carbons (Fsp3) is 0.409. The molecule has 150 valence electrons. The summed E-state index contributed by atoms with van der Waals surface area (Å²) in [5, 5.41) is 9.34. The van der Waals surface area contributed by atoms with Gasteiger partial charge in [-0.25, -0.2) is 0 Å². The number of methoxy groups -OCH3 is 2. The zero-order valence-corrected chi connectivity index (χ0v) is 17.4. The topological polar surface area (TPSA) is 59.0 Å². The van der Waals surface area contributed by atoms with E-state index >= 15 is 0 Å². The third-order valence-electron chi connectivity index (χ3n) is 5.41. The lowest BCUT2D eigenvalue weighted by Crippen LogP contribution is -2.39. The summed E-state index contributed by atoms with van der Waals surface area (Å²) in [6.07, 6.45) is 3.38. The van der Waals surface area contributed by atoms with Gasteiger partial charge in [0, 0.05) is 16.5 Å². The maximum atomic E-state index is 11.4. The summed E-state index contributed by atoms with van der Waals surface area (Å²) >= 11 is 1.72. The van der Waals surface area contributed by atoms with Crippen molar-refractivity contribution >= 4 is 17.7 Å². The van der Waals surface area contributed by atoms with E-state index in [4.69, 9.17) is 9.47 Å². The number of likely N-dealkylation sites (tertiary alicyclic amines) is 1. The van der Waals surface area contributed by atoms with Crippen molar-refractivity contribution in [3.63, 3.8) is 0 Å². The van der Waals surface area contributed by atoms with E-state index in [0.717, 1.165) is 30.2 Å². The smallest absolute Gasteiger partial charge is 0.306 e. The van der Waals surface area contributed by atoms with Crippen molar-refractivity contribution in [3.8, 4) is 11.5 Å². The van der Waals surface area contributed by atoms with Crippen LogP contribution in [0.15, 0.2) is 47.4 Å².